The first-order chi connectivity index (χ1) is 16.6. The zero-order valence-electron chi connectivity index (χ0n) is 20.1. The Balaban J connectivity index is -0.00000265. The number of benzene rings is 1. The van der Waals surface area contributed by atoms with Crippen molar-refractivity contribution in [2.45, 2.75) is 20.3 Å². The molecule has 1 aromatic rings. The van der Waals surface area contributed by atoms with E-state index in [0.29, 0.717) is 39.6 Å². The molecule has 0 saturated heterocycles. The third-order valence-electron chi connectivity index (χ3n) is 3.76. The molecule has 0 radical (unpaired) electrons. The smallest absolute Gasteiger partial charge is 0.305 e. The molecule has 0 aliphatic carbocycles. The van der Waals surface area contributed by atoms with Crippen molar-refractivity contribution in [1.82, 2.24) is 5.32 Å². The van der Waals surface area contributed by atoms with Gasteiger partial charge in [0.2, 0.25) is 5.91 Å². The van der Waals surface area contributed by atoms with Crippen molar-refractivity contribution in [2.24, 2.45) is 0 Å². The fraction of sp³-hybridized carbons (Fsp3) is 0.545. The summed E-state index contributed by atoms with van der Waals surface area (Å²) in [6, 6.07) is 4.35. The van der Waals surface area contributed by atoms with E-state index in [1.165, 1.54) is 31.0 Å². The molecule has 0 saturated carbocycles. The van der Waals surface area contributed by atoms with Crippen LogP contribution in [0.2, 0.25) is 0 Å². The van der Waals surface area contributed by atoms with Gasteiger partial charge in [-0.05, 0) is 0 Å². The third-order valence-corrected chi connectivity index (χ3v) is 3.76. The average Bonchev–Trinajstić information content (AvgIpc) is 2.84. The molecule has 0 spiro atoms. The minimum atomic E-state index is -0.900. The zero-order chi connectivity index (χ0) is 25.4. The van der Waals surface area contributed by atoms with Gasteiger partial charge in [0.05, 0.1) is 72.1 Å². The second-order valence-electron chi connectivity index (χ2n) is 6.06. The number of carbonyl (C=O) groups is 2. The van der Waals surface area contributed by atoms with Crippen LogP contribution in [0.1, 0.15) is 30.6 Å². The van der Waals surface area contributed by atoms with Gasteiger partial charge in [0.25, 0.3) is 0 Å². The molecule has 4 N–H and O–H groups in total. The molecule has 0 aliphatic rings. The van der Waals surface area contributed by atoms with Crippen molar-refractivity contribution < 1.29 is 43.2 Å². The van der Waals surface area contributed by atoms with E-state index in [4.69, 9.17) is 24.1 Å². The first-order valence-electron chi connectivity index (χ1n) is 10.8. The number of carboxylic acids is 1. The monoisotopic (exact) mass is 997 g/mol. The van der Waals surface area contributed by atoms with Gasteiger partial charge in [-0.1, -0.05) is 19.9 Å². The van der Waals surface area contributed by atoms with Crippen LogP contribution < -0.4 is 16.0 Å². The van der Waals surface area contributed by atoms with E-state index in [1.807, 2.05) is 13.8 Å². The normalized spacial score (nSPS) is 9.39. The molecule has 3 amide bonds. The van der Waals surface area contributed by atoms with Gasteiger partial charge < -0.3 is 49.6 Å². The Kier molecular flexibility index (Phi) is 24.3. The number of carbonyl (C=O) groups excluding carboxylic acids is 3. The molecule has 0 aliphatic heterocycles. The van der Waals surface area contributed by atoms with Gasteiger partial charge >= 0.3 is 5.97 Å². The molecular weight excluding hydrogens is 964 g/mol. The molecule has 0 unspecified atom stereocenters. The van der Waals surface area contributed by atoms with Crippen LogP contribution in [-0.2, 0) is 33.3 Å². The molecule has 0 aromatic heterocycles. The van der Waals surface area contributed by atoms with E-state index in [0.717, 1.165) is 0 Å². The summed E-state index contributed by atoms with van der Waals surface area (Å²) in [6.45, 7) is 6.89. The quantitative estimate of drug-likeness (QED) is 0.0848. The van der Waals surface area contributed by atoms with Gasteiger partial charge in [0, 0.05) is 12.1 Å². The molecule has 0 atom stereocenters. The molecule has 0 fully saturated rings. The Bertz CT molecular complexity index is 728. The molecule has 1 aromatic carbocycles. The predicted octanol–water partition coefficient (Wildman–Crippen LogP) is 0.942. The number of hydrogen-bond acceptors (Lipinski definition) is 8. The summed E-state index contributed by atoms with van der Waals surface area (Å²) < 4.78 is 21.0. The summed E-state index contributed by atoms with van der Waals surface area (Å²) in [5, 5.41) is 15.7. The van der Waals surface area contributed by atoms with Crippen LogP contribution in [0.25, 0.3) is 0 Å². The van der Waals surface area contributed by atoms with Crippen molar-refractivity contribution in [1.29, 1.82) is 0 Å². The van der Waals surface area contributed by atoms with Crippen LogP contribution in [0, 0.1) is 0 Å². The molecule has 0 heterocycles. The number of anilines is 2. The van der Waals surface area contributed by atoms with Gasteiger partial charge in [-0.3, -0.25) is 9.59 Å². The standard InChI is InChI=1S/C20H27N3O9.C2H6.2Fm/c24-14-22-17-2-1-16(13-18(17)23-15-25)20(28)21-4-6-30-8-10-32-12-11-31-9-7-29-5-3-19(26)27;1-2;;/h1-2,13H,3-12H2,(H,21,28)(H,22,24)(H,23,25)(H,26,27);1-2H3;;/q-2;;;. The first kappa shape index (κ1) is 35.5. The Labute approximate surface area is 199 Å². The topological polar surface area (TPSA) is 162 Å². The van der Waals surface area contributed by atoms with Crippen molar-refractivity contribution in [3.05, 3.63) is 23.8 Å². The van der Waals surface area contributed by atoms with Gasteiger partial charge in [-0.25, -0.2) is 0 Å². The van der Waals surface area contributed by atoms with E-state index in [2.05, 4.69) is 16.0 Å². The van der Waals surface area contributed by atoms with Crippen molar-refractivity contribution >= 4 is 36.1 Å². The van der Waals surface area contributed by atoms with Gasteiger partial charge in [0.15, 0.2) is 0 Å². The molecule has 12 nitrogen and oxygen atoms in total. The van der Waals surface area contributed by atoms with Crippen molar-refractivity contribution in [2.75, 3.05) is 70.0 Å². The van der Waals surface area contributed by atoms with Gasteiger partial charge in [-0.15, -0.1) is 12.1 Å². The summed E-state index contributed by atoms with van der Waals surface area (Å²) >= 11 is 0. The van der Waals surface area contributed by atoms with Crippen LogP contribution in [0.5, 0.6) is 0 Å². The number of rotatable bonds is 20. The third kappa shape index (κ3) is 17.5. The predicted molar refractivity (Wildman–Crippen MR) is 124 cm³/mol. The Morgan fingerprint density at radius 3 is 1.75 bits per heavy atom. The zero-order valence-corrected chi connectivity index (χ0v) is 24.9. The second kappa shape index (κ2) is 24.6. The molecule has 0 bridgehead atoms. The first-order valence-corrected chi connectivity index (χ1v) is 10.8. The summed E-state index contributed by atoms with van der Waals surface area (Å²) in [5.41, 5.74) is 0.798. The van der Waals surface area contributed by atoms with Crippen LogP contribution in [0.15, 0.2) is 18.2 Å². The Morgan fingerprint density at radius 1 is 0.778 bits per heavy atom. The van der Waals surface area contributed by atoms with Crippen molar-refractivity contribution in [3.63, 3.8) is 0 Å². The van der Waals surface area contributed by atoms with Gasteiger partial charge in [0.1, 0.15) is 0 Å². The SMILES string of the molecule is CC.O=[C-]Nc1ccc(C(=O)NCCOCCOCCOCCOCCC(=O)O)cc1N[C-]=O.[Fm].[Fm]. The number of aliphatic carboxylic acids is 1. The molecule has 14 heteroatoms. The average molecular weight is 998 g/mol. The van der Waals surface area contributed by atoms with E-state index in [1.54, 1.807) is 0 Å². The number of amides is 3. The van der Waals surface area contributed by atoms with Gasteiger partial charge in [-0.2, -0.15) is 11.4 Å². The van der Waals surface area contributed by atoms with E-state index >= 15 is 0 Å². The summed E-state index contributed by atoms with van der Waals surface area (Å²) in [5.74, 6) is -1.27. The number of hydrogen-bond donors (Lipinski definition) is 4. The fourth-order valence-electron chi connectivity index (χ4n) is 2.27. The van der Waals surface area contributed by atoms with Crippen molar-refractivity contribution in [3.8, 4) is 0 Å². The molecule has 216 valence electrons. The maximum atomic E-state index is 12.2. The van der Waals surface area contributed by atoms with Crippen LogP contribution in [0.3, 0.4) is 0 Å². The van der Waals surface area contributed by atoms with Crippen LogP contribution >= 0.6 is 0 Å². The molecular formula is C22H33Fm2N3O9-2. The maximum Gasteiger partial charge on any atom is 0.305 e. The Morgan fingerprint density at radius 2 is 1.25 bits per heavy atom. The maximum absolute atomic E-state index is 12.2. The van der Waals surface area contributed by atoms with Crippen LogP contribution in [0.4, 0.5) is 11.4 Å². The molecule has 36 heavy (non-hydrogen) atoms. The molecule has 1 rings (SSSR count). The second-order valence-corrected chi connectivity index (χ2v) is 6.06. The number of ether oxygens (including phenoxy) is 4. The minimum absolute atomic E-state index is 0. The minimum Gasteiger partial charge on any atom is -0.503 e. The van der Waals surface area contributed by atoms with Crippen LogP contribution in [-0.4, -0.2) is 89.2 Å². The summed E-state index contributed by atoms with van der Waals surface area (Å²) in [6.07, 6.45) is 2.95. The summed E-state index contributed by atoms with van der Waals surface area (Å²) in [4.78, 5) is 43.4. The number of carboxylic acid groups (broad SMARTS) is 1. The van der Waals surface area contributed by atoms with E-state index < -0.39 is 5.97 Å². The Hall–Kier alpha value is -5.06. The fourth-order valence-corrected chi connectivity index (χ4v) is 2.27. The summed E-state index contributed by atoms with van der Waals surface area (Å²) in [7, 11) is 0. The van der Waals surface area contributed by atoms with E-state index in [-0.39, 0.29) is 49.0 Å². The number of nitrogens with one attached hydrogen (secondary N) is 3. The largest absolute Gasteiger partial charge is 0.503 e. The van der Waals surface area contributed by atoms with E-state index in [9.17, 15) is 19.2 Å².